The van der Waals surface area contributed by atoms with E-state index in [1.807, 2.05) is 54.7 Å². The van der Waals surface area contributed by atoms with Gasteiger partial charge in [0, 0.05) is 38.4 Å². The van der Waals surface area contributed by atoms with Crippen molar-refractivity contribution in [2.24, 2.45) is 0 Å². The minimum atomic E-state index is -0.0288. The normalized spacial score (nSPS) is 14.4. The van der Waals surface area contributed by atoms with E-state index in [4.69, 9.17) is 0 Å². The first-order valence-electron chi connectivity index (χ1n) is 8.13. The molecule has 0 spiro atoms. The van der Waals surface area contributed by atoms with Crippen molar-refractivity contribution in [1.82, 2.24) is 15.3 Å². The van der Waals surface area contributed by atoms with Crippen LogP contribution in [0.15, 0.2) is 42.0 Å². The van der Waals surface area contributed by atoms with Crippen molar-refractivity contribution in [2.45, 2.75) is 6.04 Å². The smallest absolute Gasteiger partial charge is 0.251 e. The maximum atomic E-state index is 12.4. The summed E-state index contributed by atoms with van der Waals surface area (Å²) in [5.41, 5.74) is 2.74. The predicted octanol–water partition coefficient (Wildman–Crippen LogP) is 2.38. The Morgan fingerprint density at radius 3 is 2.68 bits per heavy atom. The van der Waals surface area contributed by atoms with Crippen LogP contribution in [0, 0.1) is 0 Å². The molecule has 3 heterocycles. The summed E-state index contributed by atoms with van der Waals surface area (Å²) < 4.78 is 1.10. The first kappa shape index (κ1) is 15.8. The minimum absolute atomic E-state index is 0.0288. The van der Waals surface area contributed by atoms with Gasteiger partial charge in [-0.1, -0.05) is 0 Å². The highest BCUT2D eigenvalue weighted by molar-refractivity contribution is 7.17. The molecule has 1 aliphatic rings. The number of anilines is 2. The van der Waals surface area contributed by atoms with Gasteiger partial charge in [-0.2, -0.15) is 0 Å². The largest absolute Gasteiger partial charge is 0.378 e. The molecule has 0 radical (unpaired) electrons. The van der Waals surface area contributed by atoms with E-state index < -0.39 is 0 Å². The van der Waals surface area contributed by atoms with Crippen LogP contribution < -0.4 is 15.1 Å². The standard InChI is InChI=1S/C18H19N5OS/c1-22(2)14-5-3-12(4-6-14)18(24)21-13-9-23(10-13)17-16-15(7-8-25-16)19-11-20-17/h3-8,11,13H,9-10H2,1-2H3,(H,21,24). The van der Waals surface area contributed by atoms with Crippen LogP contribution >= 0.6 is 11.3 Å². The van der Waals surface area contributed by atoms with E-state index in [0.29, 0.717) is 5.56 Å². The maximum absolute atomic E-state index is 12.4. The van der Waals surface area contributed by atoms with Crippen LogP contribution in [0.2, 0.25) is 0 Å². The average Bonchev–Trinajstić information content (AvgIpc) is 3.06. The number of thiophene rings is 1. The van der Waals surface area contributed by atoms with Crippen LogP contribution in [0.1, 0.15) is 10.4 Å². The highest BCUT2D eigenvalue weighted by Crippen LogP contribution is 2.30. The number of hydrogen-bond donors (Lipinski definition) is 1. The summed E-state index contributed by atoms with van der Waals surface area (Å²) in [6, 6.07) is 9.78. The Morgan fingerprint density at radius 1 is 1.20 bits per heavy atom. The fourth-order valence-electron chi connectivity index (χ4n) is 2.92. The Morgan fingerprint density at radius 2 is 1.96 bits per heavy atom. The lowest BCUT2D eigenvalue weighted by Crippen LogP contribution is -2.59. The monoisotopic (exact) mass is 353 g/mol. The Kier molecular flexibility index (Phi) is 4.01. The second-order valence-corrected chi connectivity index (χ2v) is 7.27. The van der Waals surface area contributed by atoms with E-state index in [0.717, 1.165) is 34.8 Å². The van der Waals surface area contributed by atoms with Crippen molar-refractivity contribution >= 4 is 39.0 Å². The Balaban J connectivity index is 1.38. The van der Waals surface area contributed by atoms with E-state index in [-0.39, 0.29) is 11.9 Å². The first-order chi connectivity index (χ1) is 12.1. The molecule has 6 nitrogen and oxygen atoms in total. The van der Waals surface area contributed by atoms with Crippen LogP contribution in [0.3, 0.4) is 0 Å². The Labute approximate surface area is 150 Å². The second-order valence-electron chi connectivity index (χ2n) is 6.35. The predicted molar refractivity (Wildman–Crippen MR) is 102 cm³/mol. The topological polar surface area (TPSA) is 61.4 Å². The average molecular weight is 353 g/mol. The zero-order valence-electron chi connectivity index (χ0n) is 14.1. The third-order valence-electron chi connectivity index (χ3n) is 4.39. The van der Waals surface area contributed by atoms with Gasteiger partial charge in [0.25, 0.3) is 5.91 Å². The number of rotatable bonds is 4. The molecule has 128 valence electrons. The minimum Gasteiger partial charge on any atom is -0.378 e. The SMILES string of the molecule is CN(C)c1ccc(C(=O)NC2CN(c3ncnc4ccsc34)C2)cc1. The zero-order chi connectivity index (χ0) is 17.4. The van der Waals surface area contributed by atoms with Crippen molar-refractivity contribution in [3.8, 4) is 0 Å². The van der Waals surface area contributed by atoms with E-state index in [1.165, 1.54) is 0 Å². The van der Waals surface area contributed by atoms with Crippen molar-refractivity contribution in [3.05, 3.63) is 47.6 Å². The highest BCUT2D eigenvalue weighted by atomic mass is 32.1. The van der Waals surface area contributed by atoms with E-state index in [9.17, 15) is 4.79 Å². The lowest BCUT2D eigenvalue weighted by molar-refractivity contribution is 0.0930. The Hall–Kier alpha value is -2.67. The van der Waals surface area contributed by atoms with Gasteiger partial charge < -0.3 is 15.1 Å². The molecule has 0 unspecified atom stereocenters. The van der Waals surface area contributed by atoms with Crippen LogP contribution in [0.25, 0.3) is 10.2 Å². The molecule has 1 saturated heterocycles. The molecule has 0 bridgehead atoms. The molecular weight excluding hydrogens is 334 g/mol. The van der Waals surface area contributed by atoms with Gasteiger partial charge in [-0.05, 0) is 35.7 Å². The summed E-state index contributed by atoms with van der Waals surface area (Å²) in [4.78, 5) is 25.2. The first-order valence-corrected chi connectivity index (χ1v) is 9.01. The van der Waals surface area contributed by atoms with Crippen molar-refractivity contribution in [2.75, 3.05) is 37.0 Å². The quantitative estimate of drug-likeness (QED) is 0.780. The van der Waals surface area contributed by atoms with Gasteiger partial charge in [0.1, 0.15) is 12.1 Å². The van der Waals surface area contributed by atoms with Crippen LogP contribution in [0.5, 0.6) is 0 Å². The highest BCUT2D eigenvalue weighted by Gasteiger charge is 2.30. The van der Waals surface area contributed by atoms with Gasteiger partial charge >= 0.3 is 0 Å². The summed E-state index contributed by atoms with van der Waals surface area (Å²) in [7, 11) is 3.96. The van der Waals surface area contributed by atoms with Crippen LogP contribution in [0.4, 0.5) is 11.5 Å². The van der Waals surface area contributed by atoms with Crippen molar-refractivity contribution in [3.63, 3.8) is 0 Å². The van der Waals surface area contributed by atoms with Gasteiger partial charge in [-0.15, -0.1) is 11.3 Å². The molecule has 7 heteroatoms. The van der Waals surface area contributed by atoms with E-state index in [2.05, 4.69) is 20.2 Å². The molecule has 1 aromatic carbocycles. The number of hydrogen-bond acceptors (Lipinski definition) is 6. The number of benzene rings is 1. The van der Waals surface area contributed by atoms with Gasteiger partial charge in [0.15, 0.2) is 0 Å². The maximum Gasteiger partial charge on any atom is 0.251 e. The van der Waals surface area contributed by atoms with E-state index in [1.54, 1.807) is 17.7 Å². The van der Waals surface area contributed by atoms with Gasteiger partial charge in [0.05, 0.1) is 16.3 Å². The molecule has 1 aliphatic heterocycles. The fraction of sp³-hybridized carbons (Fsp3) is 0.278. The van der Waals surface area contributed by atoms with Crippen molar-refractivity contribution in [1.29, 1.82) is 0 Å². The number of carbonyl (C=O) groups is 1. The lowest BCUT2D eigenvalue weighted by Gasteiger charge is -2.40. The number of nitrogens with zero attached hydrogens (tertiary/aromatic N) is 4. The molecule has 1 fully saturated rings. The molecule has 3 aromatic rings. The van der Waals surface area contributed by atoms with Gasteiger partial charge in [0.2, 0.25) is 0 Å². The molecule has 2 aromatic heterocycles. The third-order valence-corrected chi connectivity index (χ3v) is 5.29. The summed E-state index contributed by atoms with van der Waals surface area (Å²) >= 11 is 1.65. The molecular formula is C18H19N5OS. The fourth-order valence-corrected chi connectivity index (χ4v) is 3.79. The molecule has 1 amide bonds. The second kappa shape index (κ2) is 6.33. The molecule has 25 heavy (non-hydrogen) atoms. The molecule has 0 aliphatic carbocycles. The zero-order valence-corrected chi connectivity index (χ0v) is 15.0. The molecule has 1 N–H and O–H groups in total. The number of carbonyl (C=O) groups excluding carboxylic acids is 1. The van der Waals surface area contributed by atoms with Crippen molar-refractivity contribution < 1.29 is 4.79 Å². The number of nitrogens with one attached hydrogen (secondary N) is 1. The molecule has 0 atom stereocenters. The molecule has 4 rings (SSSR count). The van der Waals surface area contributed by atoms with Crippen LogP contribution in [-0.2, 0) is 0 Å². The third kappa shape index (κ3) is 3.02. The van der Waals surface area contributed by atoms with Gasteiger partial charge in [-0.3, -0.25) is 4.79 Å². The Bertz CT molecular complexity index is 899. The lowest BCUT2D eigenvalue weighted by atomic mass is 10.1. The number of aromatic nitrogens is 2. The van der Waals surface area contributed by atoms with E-state index >= 15 is 0 Å². The summed E-state index contributed by atoms with van der Waals surface area (Å²) in [5, 5.41) is 5.12. The number of fused-ring (bicyclic) bond motifs is 1. The summed E-state index contributed by atoms with van der Waals surface area (Å²) in [6.07, 6.45) is 1.60. The summed E-state index contributed by atoms with van der Waals surface area (Å²) in [6.45, 7) is 1.54. The van der Waals surface area contributed by atoms with Crippen LogP contribution in [-0.4, -0.2) is 49.1 Å². The number of amides is 1. The van der Waals surface area contributed by atoms with Gasteiger partial charge in [-0.25, -0.2) is 9.97 Å². The summed E-state index contributed by atoms with van der Waals surface area (Å²) in [5.74, 6) is 0.930. The molecule has 0 saturated carbocycles.